The van der Waals surface area contributed by atoms with Crippen LogP contribution >= 0.6 is 11.8 Å². The summed E-state index contributed by atoms with van der Waals surface area (Å²) in [5.41, 5.74) is 6.28. The van der Waals surface area contributed by atoms with Gasteiger partial charge in [-0.05, 0) is 68.1 Å². The lowest BCUT2D eigenvalue weighted by atomic mass is 9.96. The molecule has 1 rings (SSSR count). The molecule has 0 saturated carbocycles. The normalized spacial score (nSPS) is 14.9. The number of hydrogen-bond donors (Lipinski definition) is 7. The summed E-state index contributed by atoms with van der Waals surface area (Å²) < 4.78 is 0. The van der Waals surface area contributed by atoms with E-state index in [4.69, 9.17) is 5.73 Å². The van der Waals surface area contributed by atoms with Gasteiger partial charge in [-0.3, -0.25) is 24.0 Å². The van der Waals surface area contributed by atoms with Crippen molar-refractivity contribution < 1.29 is 33.9 Å². The molecule has 0 heterocycles. The molecule has 0 aromatic heterocycles. The van der Waals surface area contributed by atoms with Crippen molar-refractivity contribution in [3.05, 3.63) is 35.9 Å². The molecule has 0 bridgehead atoms. The summed E-state index contributed by atoms with van der Waals surface area (Å²) in [6, 6.07) is 3.85. The van der Waals surface area contributed by atoms with Gasteiger partial charge in [0.2, 0.25) is 30.0 Å². The maximum atomic E-state index is 13.9. The quantitative estimate of drug-likeness (QED) is 0.0621. The van der Waals surface area contributed by atoms with E-state index >= 15 is 0 Å². The molecule has 264 valence electrons. The number of aliphatic carboxylic acids is 1. The van der Waals surface area contributed by atoms with Crippen molar-refractivity contribution in [3.63, 3.8) is 0 Å². The molecule has 13 nitrogen and oxygen atoms in total. The molecule has 0 aliphatic rings. The van der Waals surface area contributed by atoms with Crippen molar-refractivity contribution in [3.8, 4) is 0 Å². The van der Waals surface area contributed by atoms with E-state index in [9.17, 15) is 33.9 Å². The molecule has 0 saturated heterocycles. The SMILES string of the molecule is CC[C@H](C)[C@H](NC(=O)[C@H](Cc1ccccc1)NC(=O)[C@H](CC(C)C)NC(=O)[C@H](CCSC)NC=O)C(=O)N[C@@H](CCCCN)C(=O)O. The molecule has 0 unspecified atom stereocenters. The first-order valence-corrected chi connectivity index (χ1v) is 17.6. The van der Waals surface area contributed by atoms with Crippen LogP contribution in [0.5, 0.6) is 0 Å². The van der Waals surface area contributed by atoms with E-state index in [1.54, 1.807) is 31.2 Å². The summed E-state index contributed by atoms with van der Waals surface area (Å²) in [4.78, 5) is 77.1. The molecular formula is C33H54N6O7S. The van der Waals surface area contributed by atoms with Crippen LogP contribution in [-0.2, 0) is 35.2 Å². The average Bonchev–Trinajstić information content (AvgIpc) is 3.03. The largest absolute Gasteiger partial charge is 0.480 e. The molecule has 0 fully saturated rings. The molecule has 0 aliphatic heterocycles. The summed E-state index contributed by atoms with van der Waals surface area (Å²) in [5, 5.41) is 23.1. The number of carboxylic acid groups (broad SMARTS) is 1. The Balaban J connectivity index is 3.30. The highest BCUT2D eigenvalue weighted by Gasteiger charge is 2.34. The van der Waals surface area contributed by atoms with E-state index in [-0.39, 0.29) is 31.1 Å². The van der Waals surface area contributed by atoms with Gasteiger partial charge in [-0.1, -0.05) is 64.4 Å². The standard InChI is InChI=1S/C33H54N6O7S/c1-6-22(4)28(32(44)36-25(33(45)46)14-10-11-16-34)39-31(43)27(19-23-12-8-7-9-13-23)38-30(42)26(18-21(2)3)37-29(41)24(35-20-40)15-17-47-5/h7-9,12-13,20-22,24-28H,6,10-11,14-19,34H2,1-5H3,(H,35,40)(H,36,44)(H,37,41)(H,38,42)(H,39,43)(H,45,46)/t22-,24-,25-,26-,27-,28-/m0/s1. The van der Waals surface area contributed by atoms with Crippen LogP contribution in [0.4, 0.5) is 0 Å². The Kier molecular flexibility index (Phi) is 20.1. The summed E-state index contributed by atoms with van der Waals surface area (Å²) >= 11 is 1.52. The molecule has 1 aromatic carbocycles. The summed E-state index contributed by atoms with van der Waals surface area (Å²) in [6.45, 7) is 7.81. The van der Waals surface area contributed by atoms with Crippen LogP contribution < -0.4 is 32.3 Å². The van der Waals surface area contributed by atoms with Crippen LogP contribution in [0.1, 0.15) is 71.8 Å². The van der Waals surface area contributed by atoms with E-state index in [1.807, 2.05) is 33.1 Å². The Labute approximate surface area is 282 Å². The van der Waals surface area contributed by atoms with Gasteiger partial charge in [0.05, 0.1) is 0 Å². The fourth-order valence-corrected chi connectivity index (χ4v) is 5.35. The first-order valence-electron chi connectivity index (χ1n) is 16.2. The van der Waals surface area contributed by atoms with Gasteiger partial charge in [0.15, 0.2) is 0 Å². The number of thioether (sulfide) groups is 1. The van der Waals surface area contributed by atoms with Gasteiger partial charge < -0.3 is 37.4 Å². The topological polar surface area (TPSA) is 209 Å². The minimum Gasteiger partial charge on any atom is -0.480 e. The van der Waals surface area contributed by atoms with Crippen molar-refractivity contribution in [2.75, 3.05) is 18.6 Å². The second-order valence-electron chi connectivity index (χ2n) is 12.1. The van der Waals surface area contributed by atoms with Gasteiger partial charge in [0, 0.05) is 6.42 Å². The fraction of sp³-hybridized carbons (Fsp3) is 0.636. The van der Waals surface area contributed by atoms with E-state index in [0.29, 0.717) is 44.4 Å². The number of nitrogens with two attached hydrogens (primary N) is 1. The highest BCUT2D eigenvalue weighted by molar-refractivity contribution is 7.98. The lowest BCUT2D eigenvalue weighted by molar-refractivity contribution is -0.143. The smallest absolute Gasteiger partial charge is 0.326 e. The Bertz CT molecular complexity index is 1140. The molecule has 47 heavy (non-hydrogen) atoms. The molecule has 5 amide bonds. The molecule has 0 aliphatic carbocycles. The van der Waals surface area contributed by atoms with E-state index in [0.717, 1.165) is 5.56 Å². The third kappa shape index (κ3) is 15.7. The van der Waals surface area contributed by atoms with Crippen LogP contribution in [0, 0.1) is 11.8 Å². The van der Waals surface area contributed by atoms with Crippen molar-refractivity contribution >= 4 is 47.8 Å². The Morgan fingerprint density at radius 2 is 1.43 bits per heavy atom. The van der Waals surface area contributed by atoms with Gasteiger partial charge >= 0.3 is 5.97 Å². The predicted molar refractivity (Wildman–Crippen MR) is 183 cm³/mol. The number of carboxylic acids is 1. The molecule has 0 radical (unpaired) electrons. The van der Waals surface area contributed by atoms with Gasteiger partial charge in [0.25, 0.3) is 0 Å². The zero-order valence-corrected chi connectivity index (χ0v) is 29.1. The van der Waals surface area contributed by atoms with Crippen molar-refractivity contribution in [1.82, 2.24) is 26.6 Å². The van der Waals surface area contributed by atoms with Gasteiger partial charge in [-0.2, -0.15) is 11.8 Å². The van der Waals surface area contributed by atoms with E-state index in [1.165, 1.54) is 11.8 Å². The molecule has 14 heteroatoms. The van der Waals surface area contributed by atoms with Gasteiger partial charge in [-0.25, -0.2) is 4.79 Å². The van der Waals surface area contributed by atoms with E-state index < -0.39 is 59.8 Å². The average molecular weight is 679 g/mol. The number of carbonyl (C=O) groups excluding carboxylic acids is 5. The highest BCUT2D eigenvalue weighted by atomic mass is 32.2. The third-order valence-electron chi connectivity index (χ3n) is 7.81. The van der Waals surface area contributed by atoms with Crippen LogP contribution in [0.25, 0.3) is 0 Å². The number of hydrogen-bond acceptors (Lipinski definition) is 8. The molecule has 6 atom stereocenters. The van der Waals surface area contributed by atoms with Crippen LogP contribution in [0.3, 0.4) is 0 Å². The fourth-order valence-electron chi connectivity index (χ4n) is 4.88. The number of rotatable bonds is 24. The third-order valence-corrected chi connectivity index (χ3v) is 8.45. The van der Waals surface area contributed by atoms with Crippen molar-refractivity contribution in [2.24, 2.45) is 17.6 Å². The Morgan fingerprint density at radius 3 is 1.98 bits per heavy atom. The second kappa shape index (κ2) is 22.8. The monoisotopic (exact) mass is 678 g/mol. The van der Waals surface area contributed by atoms with Crippen molar-refractivity contribution in [2.45, 2.75) is 103 Å². The Hall–Kier alpha value is -3.65. The zero-order chi connectivity index (χ0) is 35.4. The Morgan fingerprint density at radius 1 is 0.830 bits per heavy atom. The lowest BCUT2D eigenvalue weighted by Gasteiger charge is -2.29. The number of carbonyl (C=O) groups is 6. The van der Waals surface area contributed by atoms with E-state index in [2.05, 4.69) is 26.6 Å². The molecule has 0 spiro atoms. The minimum absolute atomic E-state index is 0.00152. The summed E-state index contributed by atoms with van der Waals surface area (Å²) in [7, 11) is 0. The molecular weight excluding hydrogens is 624 g/mol. The lowest BCUT2D eigenvalue weighted by Crippen LogP contribution is -2.60. The van der Waals surface area contributed by atoms with Crippen LogP contribution in [-0.4, -0.2) is 89.9 Å². The zero-order valence-electron chi connectivity index (χ0n) is 28.3. The number of unbranched alkanes of at least 4 members (excludes halogenated alkanes) is 1. The number of nitrogens with one attached hydrogen (secondary N) is 5. The first-order chi connectivity index (χ1) is 22.4. The second-order valence-corrected chi connectivity index (χ2v) is 13.1. The number of amides is 5. The molecule has 8 N–H and O–H groups in total. The minimum atomic E-state index is -1.18. The molecule has 1 aromatic rings. The van der Waals surface area contributed by atoms with Gasteiger partial charge in [0.1, 0.15) is 30.2 Å². The summed E-state index contributed by atoms with van der Waals surface area (Å²) in [5.74, 6) is -3.29. The van der Waals surface area contributed by atoms with Gasteiger partial charge in [-0.15, -0.1) is 0 Å². The van der Waals surface area contributed by atoms with Crippen molar-refractivity contribution in [1.29, 1.82) is 0 Å². The number of benzene rings is 1. The maximum absolute atomic E-state index is 13.9. The first kappa shape index (κ1) is 41.4. The predicted octanol–water partition coefficient (Wildman–Crippen LogP) is 1.34. The maximum Gasteiger partial charge on any atom is 0.326 e. The van der Waals surface area contributed by atoms with Crippen LogP contribution in [0.2, 0.25) is 0 Å². The van der Waals surface area contributed by atoms with Crippen LogP contribution in [0.15, 0.2) is 30.3 Å². The summed E-state index contributed by atoms with van der Waals surface area (Å²) in [6.07, 6.45) is 4.88. The highest BCUT2D eigenvalue weighted by Crippen LogP contribution is 2.13.